The zero-order valence-corrected chi connectivity index (χ0v) is 18.9. The van der Waals surface area contributed by atoms with Crippen LogP contribution in [-0.4, -0.2) is 19.9 Å². The van der Waals surface area contributed by atoms with Crippen molar-refractivity contribution in [3.8, 4) is 11.5 Å². The van der Waals surface area contributed by atoms with Crippen molar-refractivity contribution in [3.05, 3.63) is 99.6 Å². The Labute approximate surface area is 195 Å². The number of aryl methyl sites for hydroxylation is 1. The lowest BCUT2D eigenvalue weighted by Gasteiger charge is -2.20. The number of benzene rings is 4. The maximum atomic E-state index is 13.6. The Morgan fingerprint density at radius 3 is 2.50 bits per heavy atom. The highest BCUT2D eigenvalue weighted by atomic mass is 32.2. The molecule has 168 valence electrons. The molecule has 0 unspecified atom stereocenters. The minimum absolute atomic E-state index is 0.0474. The summed E-state index contributed by atoms with van der Waals surface area (Å²) < 4.78 is 34.7. The molecular weight excluding hydrogens is 452 g/mol. The van der Waals surface area contributed by atoms with E-state index in [0.717, 1.165) is 27.5 Å². The number of hydrogen-bond acceptors (Lipinski definition) is 5. The average molecular weight is 471 g/mol. The van der Waals surface area contributed by atoms with E-state index < -0.39 is 14.9 Å². The molecule has 2 heterocycles. The van der Waals surface area contributed by atoms with E-state index in [9.17, 15) is 18.5 Å². The molecule has 2 aliphatic heterocycles. The van der Waals surface area contributed by atoms with E-state index in [-0.39, 0.29) is 28.6 Å². The Bertz CT molecular complexity index is 1660. The van der Waals surface area contributed by atoms with E-state index in [2.05, 4.69) is 0 Å². The summed E-state index contributed by atoms with van der Waals surface area (Å²) in [7, 11) is -3.96. The van der Waals surface area contributed by atoms with Gasteiger partial charge in [0.25, 0.3) is 15.7 Å². The van der Waals surface area contributed by atoms with Crippen LogP contribution in [0.15, 0.2) is 77.7 Å². The van der Waals surface area contributed by atoms with Crippen molar-refractivity contribution in [1.29, 1.82) is 0 Å². The van der Waals surface area contributed by atoms with Crippen LogP contribution in [0, 0.1) is 17.0 Å². The van der Waals surface area contributed by atoms with Gasteiger partial charge in [-0.3, -0.25) is 14.4 Å². The van der Waals surface area contributed by atoms with Crippen LogP contribution in [0.5, 0.6) is 11.5 Å². The molecule has 0 spiro atoms. The molecule has 6 rings (SSSR count). The van der Waals surface area contributed by atoms with Gasteiger partial charge in [0, 0.05) is 17.2 Å². The molecule has 0 atom stereocenters. The van der Waals surface area contributed by atoms with Crippen molar-refractivity contribution in [2.45, 2.75) is 11.8 Å². The molecule has 2 aliphatic rings. The highest BCUT2D eigenvalue weighted by molar-refractivity contribution is 7.92. The fourth-order valence-corrected chi connectivity index (χ4v) is 6.03. The number of hydrogen-bond donors (Lipinski definition) is 0. The van der Waals surface area contributed by atoms with Crippen molar-refractivity contribution in [1.82, 2.24) is 0 Å². The highest BCUT2D eigenvalue weighted by Crippen LogP contribution is 2.51. The lowest BCUT2D eigenvalue weighted by molar-refractivity contribution is -0.384. The van der Waals surface area contributed by atoms with E-state index in [1.807, 2.05) is 49.4 Å². The predicted molar refractivity (Wildman–Crippen MR) is 131 cm³/mol. The molecule has 0 fully saturated rings. The normalized spacial score (nSPS) is 14.1. The quantitative estimate of drug-likeness (QED) is 0.274. The molecule has 0 amide bonds. The minimum atomic E-state index is -3.96. The summed E-state index contributed by atoms with van der Waals surface area (Å²) in [5.74, 6) is 0.835. The SMILES string of the molecule is Cc1ccc(S(=O)(=O)N2CC3=Cc4c(ccc5ccccc45)Oc4cc([N+](=O)[O-])cc2c43)cc1. The maximum Gasteiger partial charge on any atom is 0.275 e. The van der Waals surface area contributed by atoms with E-state index in [1.54, 1.807) is 24.3 Å². The molecule has 0 saturated carbocycles. The third kappa shape index (κ3) is 2.99. The van der Waals surface area contributed by atoms with E-state index in [4.69, 9.17) is 4.74 Å². The van der Waals surface area contributed by atoms with Crippen molar-refractivity contribution in [2.75, 3.05) is 10.8 Å². The minimum Gasteiger partial charge on any atom is -0.456 e. The maximum absolute atomic E-state index is 13.6. The largest absolute Gasteiger partial charge is 0.456 e. The third-order valence-corrected chi connectivity index (χ3v) is 8.03. The van der Waals surface area contributed by atoms with Gasteiger partial charge in [0.2, 0.25) is 0 Å². The van der Waals surface area contributed by atoms with Crippen LogP contribution < -0.4 is 9.04 Å². The topological polar surface area (TPSA) is 89.8 Å². The fourth-order valence-electron chi connectivity index (χ4n) is 4.59. The van der Waals surface area contributed by atoms with Crippen LogP contribution >= 0.6 is 0 Å². The standard InChI is InChI=1S/C26H18N2O5S/c1-16-6-9-20(10-7-16)34(31,32)27-15-18-12-22-21-5-3-2-4-17(21)8-11-24(22)33-25-14-19(28(29)30)13-23(27)26(18)25/h2-14H,15H2,1H3. The average Bonchev–Trinajstić information content (AvgIpc) is 3.11. The number of anilines is 1. The zero-order valence-electron chi connectivity index (χ0n) is 18.1. The second kappa shape index (κ2) is 7.16. The Morgan fingerprint density at radius 2 is 1.74 bits per heavy atom. The predicted octanol–water partition coefficient (Wildman–Crippen LogP) is 5.91. The van der Waals surface area contributed by atoms with Crippen molar-refractivity contribution in [3.63, 3.8) is 0 Å². The molecule has 4 aromatic carbocycles. The second-order valence-electron chi connectivity index (χ2n) is 8.39. The van der Waals surface area contributed by atoms with E-state index >= 15 is 0 Å². The number of ether oxygens (including phenoxy) is 1. The monoisotopic (exact) mass is 470 g/mol. The van der Waals surface area contributed by atoms with Gasteiger partial charge in [0.05, 0.1) is 28.1 Å². The van der Waals surface area contributed by atoms with Gasteiger partial charge in [-0.1, -0.05) is 48.0 Å². The molecule has 0 radical (unpaired) electrons. The van der Waals surface area contributed by atoms with Crippen LogP contribution in [-0.2, 0) is 10.0 Å². The smallest absolute Gasteiger partial charge is 0.275 e. The summed E-state index contributed by atoms with van der Waals surface area (Å²) in [4.78, 5) is 11.3. The number of sulfonamides is 1. The molecule has 0 N–H and O–H groups in total. The van der Waals surface area contributed by atoms with Crippen LogP contribution in [0.3, 0.4) is 0 Å². The summed E-state index contributed by atoms with van der Waals surface area (Å²) in [5.41, 5.74) is 3.04. The first-order valence-electron chi connectivity index (χ1n) is 10.7. The molecule has 7 nitrogen and oxygen atoms in total. The first-order chi connectivity index (χ1) is 16.3. The lowest BCUT2D eigenvalue weighted by Crippen LogP contribution is -2.29. The van der Waals surface area contributed by atoms with E-state index in [1.165, 1.54) is 16.4 Å². The fraction of sp³-hybridized carbons (Fsp3) is 0.0769. The van der Waals surface area contributed by atoms with Gasteiger partial charge in [0.1, 0.15) is 11.5 Å². The highest BCUT2D eigenvalue weighted by Gasteiger charge is 2.38. The Morgan fingerprint density at radius 1 is 0.971 bits per heavy atom. The van der Waals surface area contributed by atoms with Crippen molar-refractivity contribution >= 4 is 43.8 Å². The Hall–Kier alpha value is -4.17. The summed E-state index contributed by atoms with van der Waals surface area (Å²) in [6, 6.07) is 20.8. The van der Waals surface area contributed by atoms with Crippen molar-refractivity contribution in [2.24, 2.45) is 0 Å². The molecule has 0 bridgehead atoms. The summed E-state index contributed by atoms with van der Waals surface area (Å²) >= 11 is 0. The molecule has 0 aromatic heterocycles. The van der Waals surface area contributed by atoms with Crippen LogP contribution in [0.2, 0.25) is 0 Å². The molecule has 0 saturated heterocycles. The van der Waals surface area contributed by atoms with Gasteiger partial charge in [-0.05, 0) is 47.5 Å². The second-order valence-corrected chi connectivity index (χ2v) is 10.3. The Kier molecular flexibility index (Phi) is 4.31. The molecule has 8 heteroatoms. The zero-order chi connectivity index (χ0) is 23.6. The third-order valence-electron chi connectivity index (χ3n) is 6.26. The van der Waals surface area contributed by atoms with Gasteiger partial charge < -0.3 is 4.74 Å². The van der Waals surface area contributed by atoms with E-state index in [0.29, 0.717) is 11.3 Å². The summed E-state index contributed by atoms with van der Waals surface area (Å²) in [6.07, 6.45) is 1.93. The number of rotatable bonds is 3. The molecule has 34 heavy (non-hydrogen) atoms. The number of non-ortho nitro benzene ring substituents is 1. The number of nitrogens with zero attached hydrogens (tertiary/aromatic N) is 2. The van der Waals surface area contributed by atoms with Crippen LogP contribution in [0.25, 0.3) is 22.4 Å². The molecule has 4 aromatic rings. The van der Waals surface area contributed by atoms with Gasteiger partial charge in [0.15, 0.2) is 0 Å². The lowest BCUT2D eigenvalue weighted by atomic mass is 10.00. The molecular formula is C26H18N2O5S. The first kappa shape index (κ1) is 20.4. The summed E-state index contributed by atoms with van der Waals surface area (Å²) in [5, 5.41) is 13.7. The Balaban J connectivity index is 1.61. The van der Waals surface area contributed by atoms with Gasteiger partial charge in [-0.2, -0.15) is 0 Å². The van der Waals surface area contributed by atoms with Gasteiger partial charge >= 0.3 is 0 Å². The van der Waals surface area contributed by atoms with Crippen LogP contribution in [0.1, 0.15) is 16.7 Å². The number of nitro benzene ring substituents is 1. The van der Waals surface area contributed by atoms with Gasteiger partial charge in [-0.25, -0.2) is 8.42 Å². The van der Waals surface area contributed by atoms with Gasteiger partial charge in [-0.15, -0.1) is 0 Å². The number of fused-ring (bicyclic) bond motifs is 3. The first-order valence-corrected chi connectivity index (χ1v) is 12.1. The van der Waals surface area contributed by atoms with Crippen LogP contribution in [0.4, 0.5) is 11.4 Å². The number of nitro groups is 1. The van der Waals surface area contributed by atoms with Crippen molar-refractivity contribution < 1.29 is 18.1 Å². The molecule has 0 aliphatic carbocycles. The summed E-state index contributed by atoms with van der Waals surface area (Å²) in [6.45, 7) is 1.93.